The van der Waals surface area contributed by atoms with Crippen LogP contribution < -0.4 is 4.74 Å². The Kier molecular flexibility index (Phi) is 3.51. The first-order chi connectivity index (χ1) is 5.65. The van der Waals surface area contributed by atoms with E-state index < -0.39 is 0 Å². The standard InChI is InChI=1S/C8H7Cl3O/c1-2-12-8-4-6(10)5(9)3-7(8)11/h3-4H,2H2,1H3. The second-order valence-electron chi connectivity index (χ2n) is 2.13. The highest BCUT2D eigenvalue weighted by molar-refractivity contribution is 6.43. The molecule has 12 heavy (non-hydrogen) atoms. The molecule has 1 aromatic rings. The van der Waals surface area contributed by atoms with Crippen LogP contribution in [0.3, 0.4) is 0 Å². The Morgan fingerprint density at radius 1 is 1.08 bits per heavy atom. The van der Waals surface area contributed by atoms with Gasteiger partial charge in [0, 0.05) is 6.07 Å². The summed E-state index contributed by atoms with van der Waals surface area (Å²) in [6, 6.07) is 3.17. The molecule has 0 saturated heterocycles. The van der Waals surface area contributed by atoms with Gasteiger partial charge in [-0.05, 0) is 13.0 Å². The Balaban J connectivity index is 3.05. The summed E-state index contributed by atoms with van der Waals surface area (Å²) in [5.41, 5.74) is 0. The SMILES string of the molecule is CCOc1cc(Cl)c(Cl)cc1Cl. The normalized spacial score (nSPS) is 10.0. The summed E-state index contributed by atoms with van der Waals surface area (Å²) in [4.78, 5) is 0. The fourth-order valence-electron chi connectivity index (χ4n) is 0.770. The molecule has 0 aliphatic heterocycles. The molecule has 0 unspecified atom stereocenters. The van der Waals surface area contributed by atoms with Crippen LogP contribution >= 0.6 is 34.8 Å². The largest absolute Gasteiger partial charge is 0.492 e. The minimum Gasteiger partial charge on any atom is -0.492 e. The molecule has 66 valence electrons. The van der Waals surface area contributed by atoms with Gasteiger partial charge in [0.2, 0.25) is 0 Å². The average molecular weight is 226 g/mol. The zero-order chi connectivity index (χ0) is 9.14. The molecule has 1 rings (SSSR count). The highest BCUT2D eigenvalue weighted by Gasteiger charge is 2.05. The topological polar surface area (TPSA) is 9.23 Å². The molecule has 0 spiro atoms. The molecule has 0 aromatic heterocycles. The van der Waals surface area contributed by atoms with Crippen LogP contribution in [-0.2, 0) is 0 Å². The van der Waals surface area contributed by atoms with Crippen LogP contribution in [0, 0.1) is 0 Å². The second-order valence-corrected chi connectivity index (χ2v) is 3.35. The first-order valence-electron chi connectivity index (χ1n) is 3.42. The molecule has 0 N–H and O–H groups in total. The fraction of sp³-hybridized carbons (Fsp3) is 0.250. The lowest BCUT2D eigenvalue weighted by Gasteiger charge is -2.06. The molecule has 0 aliphatic carbocycles. The molecule has 0 radical (unpaired) electrons. The van der Waals surface area contributed by atoms with Gasteiger partial charge >= 0.3 is 0 Å². The predicted octanol–water partition coefficient (Wildman–Crippen LogP) is 4.05. The van der Waals surface area contributed by atoms with Gasteiger partial charge in [-0.15, -0.1) is 0 Å². The zero-order valence-electron chi connectivity index (χ0n) is 6.40. The van der Waals surface area contributed by atoms with Crippen LogP contribution in [0.4, 0.5) is 0 Å². The van der Waals surface area contributed by atoms with Crippen molar-refractivity contribution in [2.24, 2.45) is 0 Å². The minimum atomic E-state index is 0.435. The Hall–Kier alpha value is -0.110. The van der Waals surface area contributed by atoms with Crippen molar-refractivity contribution < 1.29 is 4.74 Å². The van der Waals surface area contributed by atoms with E-state index in [2.05, 4.69) is 0 Å². The Morgan fingerprint density at radius 3 is 2.25 bits per heavy atom. The third kappa shape index (κ3) is 2.19. The maximum Gasteiger partial charge on any atom is 0.139 e. The van der Waals surface area contributed by atoms with Gasteiger partial charge in [-0.3, -0.25) is 0 Å². The van der Waals surface area contributed by atoms with Crippen molar-refractivity contribution in [3.05, 3.63) is 27.2 Å². The van der Waals surface area contributed by atoms with Gasteiger partial charge in [0.05, 0.1) is 21.7 Å². The summed E-state index contributed by atoms with van der Waals surface area (Å²) in [5.74, 6) is 0.563. The van der Waals surface area contributed by atoms with E-state index in [4.69, 9.17) is 39.5 Å². The molecule has 0 bridgehead atoms. The lowest BCUT2D eigenvalue weighted by atomic mass is 10.3. The highest BCUT2D eigenvalue weighted by atomic mass is 35.5. The van der Waals surface area contributed by atoms with Gasteiger partial charge < -0.3 is 4.74 Å². The molecule has 1 nitrogen and oxygen atoms in total. The van der Waals surface area contributed by atoms with Crippen molar-refractivity contribution >= 4 is 34.8 Å². The number of hydrogen-bond donors (Lipinski definition) is 0. The van der Waals surface area contributed by atoms with Crippen LogP contribution in [-0.4, -0.2) is 6.61 Å². The van der Waals surface area contributed by atoms with Crippen LogP contribution in [0.2, 0.25) is 15.1 Å². The van der Waals surface area contributed by atoms with Crippen LogP contribution in [0.5, 0.6) is 5.75 Å². The molecular weight excluding hydrogens is 218 g/mol. The van der Waals surface area contributed by atoms with Gasteiger partial charge in [-0.2, -0.15) is 0 Å². The van der Waals surface area contributed by atoms with E-state index in [0.29, 0.717) is 27.4 Å². The van der Waals surface area contributed by atoms with Gasteiger partial charge in [0.25, 0.3) is 0 Å². The zero-order valence-corrected chi connectivity index (χ0v) is 8.67. The van der Waals surface area contributed by atoms with Crippen LogP contribution in [0.15, 0.2) is 12.1 Å². The van der Waals surface area contributed by atoms with Crippen molar-refractivity contribution in [2.75, 3.05) is 6.61 Å². The van der Waals surface area contributed by atoms with Crippen LogP contribution in [0.25, 0.3) is 0 Å². The maximum atomic E-state index is 5.81. The summed E-state index contributed by atoms with van der Waals surface area (Å²) in [6.45, 7) is 2.43. The molecule has 0 heterocycles. The molecule has 0 amide bonds. The van der Waals surface area contributed by atoms with Crippen molar-refractivity contribution in [3.63, 3.8) is 0 Å². The number of benzene rings is 1. The Bertz CT molecular complexity index is 286. The van der Waals surface area contributed by atoms with Crippen molar-refractivity contribution in [1.29, 1.82) is 0 Å². The van der Waals surface area contributed by atoms with Crippen molar-refractivity contribution in [2.45, 2.75) is 6.92 Å². The third-order valence-electron chi connectivity index (χ3n) is 1.27. The van der Waals surface area contributed by atoms with E-state index in [1.165, 1.54) is 0 Å². The van der Waals surface area contributed by atoms with E-state index >= 15 is 0 Å². The summed E-state index contributed by atoms with van der Waals surface area (Å²) < 4.78 is 5.20. The smallest absolute Gasteiger partial charge is 0.139 e. The molecule has 0 fully saturated rings. The number of ether oxygens (including phenoxy) is 1. The second kappa shape index (κ2) is 4.22. The number of hydrogen-bond acceptors (Lipinski definition) is 1. The van der Waals surface area contributed by atoms with Gasteiger partial charge in [-0.1, -0.05) is 34.8 Å². The Labute approximate surface area is 86.2 Å². The van der Waals surface area contributed by atoms with E-state index in [-0.39, 0.29) is 0 Å². The van der Waals surface area contributed by atoms with E-state index in [1.807, 2.05) is 6.92 Å². The maximum absolute atomic E-state index is 5.81. The Morgan fingerprint density at radius 2 is 1.67 bits per heavy atom. The lowest BCUT2D eigenvalue weighted by molar-refractivity contribution is 0.340. The predicted molar refractivity (Wildman–Crippen MR) is 52.6 cm³/mol. The van der Waals surface area contributed by atoms with E-state index in [1.54, 1.807) is 12.1 Å². The van der Waals surface area contributed by atoms with Gasteiger partial charge in [0.15, 0.2) is 0 Å². The highest BCUT2D eigenvalue weighted by Crippen LogP contribution is 2.33. The fourth-order valence-corrected chi connectivity index (χ4v) is 1.36. The summed E-state index contributed by atoms with van der Waals surface area (Å²) in [7, 11) is 0. The summed E-state index contributed by atoms with van der Waals surface area (Å²) >= 11 is 17.3. The number of rotatable bonds is 2. The third-order valence-corrected chi connectivity index (χ3v) is 2.29. The monoisotopic (exact) mass is 224 g/mol. The van der Waals surface area contributed by atoms with Gasteiger partial charge in [-0.25, -0.2) is 0 Å². The molecule has 1 aromatic carbocycles. The van der Waals surface area contributed by atoms with E-state index in [9.17, 15) is 0 Å². The first-order valence-corrected chi connectivity index (χ1v) is 4.56. The minimum absolute atomic E-state index is 0.435. The molecule has 0 aliphatic rings. The summed E-state index contributed by atoms with van der Waals surface area (Å²) in [5, 5.41) is 1.36. The lowest BCUT2D eigenvalue weighted by Crippen LogP contribution is -1.91. The molecule has 0 saturated carbocycles. The quantitative estimate of drug-likeness (QED) is 0.690. The molecular formula is C8H7Cl3O. The van der Waals surface area contributed by atoms with Crippen molar-refractivity contribution in [1.82, 2.24) is 0 Å². The molecule has 0 atom stereocenters. The van der Waals surface area contributed by atoms with E-state index in [0.717, 1.165) is 0 Å². The van der Waals surface area contributed by atoms with Gasteiger partial charge in [0.1, 0.15) is 5.75 Å². The van der Waals surface area contributed by atoms with Crippen LogP contribution in [0.1, 0.15) is 6.92 Å². The molecule has 4 heteroatoms. The number of halogens is 3. The first kappa shape index (κ1) is 9.97. The summed E-state index contributed by atoms with van der Waals surface area (Å²) in [6.07, 6.45) is 0. The van der Waals surface area contributed by atoms with Crippen molar-refractivity contribution in [3.8, 4) is 5.75 Å². The average Bonchev–Trinajstić information content (AvgIpc) is 2.01.